The van der Waals surface area contributed by atoms with Gasteiger partial charge in [0.15, 0.2) is 0 Å². The Balaban J connectivity index is 1.87. The molecule has 0 aliphatic heterocycles. The zero-order valence-corrected chi connectivity index (χ0v) is 15.4. The molecule has 0 saturated heterocycles. The zero-order chi connectivity index (χ0) is 19.3. The second-order valence-corrected chi connectivity index (χ2v) is 8.44. The number of benzene rings is 3. The molecule has 0 saturated carbocycles. The number of hydrogen-bond donors (Lipinski definition) is 0. The van der Waals surface area contributed by atoms with Crippen molar-refractivity contribution in [1.29, 1.82) is 0 Å². The first-order valence-corrected chi connectivity index (χ1v) is 10.2. The number of halogens is 2. The Morgan fingerprint density at radius 3 is 1.56 bits per heavy atom. The summed E-state index contributed by atoms with van der Waals surface area (Å²) in [6.45, 7) is 0. The van der Waals surface area contributed by atoms with E-state index in [9.17, 15) is 17.2 Å². The van der Waals surface area contributed by atoms with Crippen molar-refractivity contribution in [3.05, 3.63) is 102 Å². The van der Waals surface area contributed by atoms with Crippen LogP contribution in [0.4, 0.5) is 8.78 Å². The van der Waals surface area contributed by atoms with Crippen LogP contribution in [-0.4, -0.2) is 13.7 Å². The molecule has 27 heavy (non-hydrogen) atoms. The molecule has 0 spiro atoms. The summed E-state index contributed by atoms with van der Waals surface area (Å²) in [4.78, 5) is -0.356. The minimum Gasteiger partial charge on any atom is -0.217 e. The molecule has 0 aliphatic carbocycles. The van der Waals surface area contributed by atoms with Crippen LogP contribution < -0.4 is 0 Å². The van der Waals surface area contributed by atoms with Crippen molar-refractivity contribution < 1.29 is 17.2 Å². The maximum absolute atomic E-state index is 14.7. The Labute approximate surface area is 158 Å². The maximum Gasteiger partial charge on any atom is 0.350 e. The summed E-state index contributed by atoms with van der Waals surface area (Å²) >= 11 is 0. The molecule has 0 atom stereocenters. The zero-order valence-electron chi connectivity index (χ0n) is 14.6. The van der Waals surface area contributed by atoms with E-state index in [1.165, 1.54) is 24.3 Å². The fourth-order valence-electron chi connectivity index (χ4n) is 3.12. The monoisotopic (exact) mass is 386 g/mol. The fraction of sp³-hybridized carbons (Fsp3) is 0.182. The lowest BCUT2D eigenvalue weighted by Crippen LogP contribution is -2.29. The van der Waals surface area contributed by atoms with Gasteiger partial charge in [-0.05, 0) is 29.7 Å². The Bertz CT molecular complexity index is 917. The van der Waals surface area contributed by atoms with Gasteiger partial charge in [0.2, 0.25) is 9.84 Å². The van der Waals surface area contributed by atoms with E-state index in [4.69, 9.17) is 0 Å². The van der Waals surface area contributed by atoms with E-state index in [0.29, 0.717) is 0 Å². The second kappa shape index (κ2) is 8.01. The summed E-state index contributed by atoms with van der Waals surface area (Å²) in [5.41, 5.74) is 1.77. The first-order chi connectivity index (χ1) is 12.9. The van der Waals surface area contributed by atoms with Gasteiger partial charge in [0.05, 0.1) is 4.90 Å². The molecule has 0 aromatic heterocycles. The van der Waals surface area contributed by atoms with Crippen LogP contribution >= 0.6 is 0 Å². The number of hydrogen-bond acceptors (Lipinski definition) is 2. The van der Waals surface area contributed by atoms with Crippen LogP contribution in [0.3, 0.4) is 0 Å². The van der Waals surface area contributed by atoms with E-state index in [1.807, 2.05) is 60.7 Å². The van der Waals surface area contributed by atoms with Gasteiger partial charge in [-0.1, -0.05) is 78.9 Å². The molecule has 3 aromatic rings. The Hall–Kier alpha value is -2.53. The number of sulfone groups is 1. The van der Waals surface area contributed by atoms with Crippen molar-refractivity contribution in [2.45, 2.75) is 28.9 Å². The van der Waals surface area contributed by atoms with Crippen LogP contribution in [0, 0.1) is 0 Å². The molecule has 0 bridgehead atoms. The molecule has 3 rings (SSSR count). The van der Waals surface area contributed by atoms with Gasteiger partial charge >= 0.3 is 5.25 Å². The Kier molecular flexibility index (Phi) is 5.71. The van der Waals surface area contributed by atoms with Crippen LogP contribution in [-0.2, 0) is 9.84 Å². The quantitative estimate of drug-likeness (QED) is 0.525. The van der Waals surface area contributed by atoms with Gasteiger partial charge in [0.1, 0.15) is 0 Å². The van der Waals surface area contributed by atoms with Crippen molar-refractivity contribution in [1.82, 2.24) is 0 Å². The Morgan fingerprint density at radius 1 is 0.704 bits per heavy atom. The average Bonchev–Trinajstić information content (AvgIpc) is 2.70. The molecule has 0 N–H and O–H groups in total. The summed E-state index contributed by atoms with van der Waals surface area (Å²) < 4.78 is 54.2. The van der Waals surface area contributed by atoms with Crippen molar-refractivity contribution in [3.8, 4) is 0 Å². The van der Waals surface area contributed by atoms with Gasteiger partial charge in [-0.15, -0.1) is 0 Å². The van der Waals surface area contributed by atoms with E-state index in [1.54, 1.807) is 6.07 Å². The maximum atomic E-state index is 14.7. The Morgan fingerprint density at radius 2 is 1.11 bits per heavy atom. The molecule has 0 radical (unpaired) electrons. The highest BCUT2D eigenvalue weighted by atomic mass is 32.2. The van der Waals surface area contributed by atoms with Gasteiger partial charge in [0.25, 0.3) is 0 Å². The van der Waals surface area contributed by atoms with Crippen LogP contribution in [0.25, 0.3) is 0 Å². The fourth-order valence-corrected chi connectivity index (χ4v) is 4.36. The molecule has 140 valence electrons. The van der Waals surface area contributed by atoms with Gasteiger partial charge in [-0.3, -0.25) is 0 Å². The first-order valence-electron chi connectivity index (χ1n) is 8.69. The third-order valence-electron chi connectivity index (χ3n) is 4.57. The first kappa shape index (κ1) is 19.2. The summed E-state index contributed by atoms with van der Waals surface area (Å²) in [5, 5.41) is -3.84. The van der Waals surface area contributed by atoms with Gasteiger partial charge in [-0.2, -0.15) is 8.78 Å². The molecular weight excluding hydrogens is 366 g/mol. The van der Waals surface area contributed by atoms with Crippen molar-refractivity contribution >= 4 is 9.84 Å². The van der Waals surface area contributed by atoms with Gasteiger partial charge in [0, 0.05) is 12.3 Å². The average molecular weight is 386 g/mol. The molecule has 3 aromatic carbocycles. The van der Waals surface area contributed by atoms with E-state index in [0.717, 1.165) is 11.1 Å². The summed E-state index contributed by atoms with van der Waals surface area (Å²) in [7, 11) is -4.73. The van der Waals surface area contributed by atoms with Crippen LogP contribution in [0.5, 0.6) is 0 Å². The van der Waals surface area contributed by atoms with Crippen LogP contribution in [0.2, 0.25) is 0 Å². The molecule has 0 aliphatic rings. The highest BCUT2D eigenvalue weighted by Crippen LogP contribution is 2.38. The molecule has 0 heterocycles. The highest BCUT2D eigenvalue weighted by Gasteiger charge is 2.45. The normalized spacial score (nSPS) is 12.3. The lowest BCUT2D eigenvalue weighted by atomic mass is 9.87. The standard InChI is InChI=1S/C22H20F2O2S/c23-22(24,27(25,26)20-14-8-3-9-15-20)17-16-21(18-10-4-1-5-11-18)19-12-6-2-7-13-19/h1-15,21H,16-17H2. The van der Waals surface area contributed by atoms with E-state index in [-0.39, 0.29) is 17.2 Å². The molecule has 0 fully saturated rings. The third-order valence-corrected chi connectivity index (χ3v) is 6.46. The third kappa shape index (κ3) is 4.25. The van der Waals surface area contributed by atoms with Gasteiger partial charge in [-0.25, -0.2) is 8.42 Å². The minimum absolute atomic E-state index is 0.0209. The van der Waals surface area contributed by atoms with Crippen LogP contribution in [0.1, 0.15) is 29.9 Å². The predicted octanol–water partition coefficient (Wildman–Crippen LogP) is 5.67. The molecule has 5 heteroatoms. The molecular formula is C22H20F2O2S. The van der Waals surface area contributed by atoms with E-state index in [2.05, 4.69) is 0 Å². The summed E-state index contributed by atoms with van der Waals surface area (Å²) in [5.74, 6) is -0.302. The summed E-state index contributed by atoms with van der Waals surface area (Å²) in [6, 6.07) is 25.5. The predicted molar refractivity (Wildman–Crippen MR) is 103 cm³/mol. The van der Waals surface area contributed by atoms with Crippen molar-refractivity contribution in [2.24, 2.45) is 0 Å². The van der Waals surface area contributed by atoms with Crippen molar-refractivity contribution in [3.63, 3.8) is 0 Å². The number of rotatable bonds is 7. The SMILES string of the molecule is O=S(=O)(c1ccccc1)C(F)(F)CCC(c1ccccc1)c1ccccc1. The molecule has 0 unspecified atom stereocenters. The van der Waals surface area contributed by atoms with Crippen molar-refractivity contribution in [2.75, 3.05) is 0 Å². The molecule has 0 amide bonds. The summed E-state index contributed by atoms with van der Waals surface area (Å²) in [6.07, 6.45) is -0.730. The lowest BCUT2D eigenvalue weighted by Gasteiger charge is -2.22. The topological polar surface area (TPSA) is 34.1 Å². The smallest absolute Gasteiger partial charge is 0.217 e. The van der Waals surface area contributed by atoms with Crippen LogP contribution in [0.15, 0.2) is 95.9 Å². The van der Waals surface area contributed by atoms with E-state index < -0.39 is 21.5 Å². The van der Waals surface area contributed by atoms with E-state index >= 15 is 0 Å². The highest BCUT2D eigenvalue weighted by molar-refractivity contribution is 7.92. The molecule has 2 nitrogen and oxygen atoms in total. The largest absolute Gasteiger partial charge is 0.350 e. The lowest BCUT2D eigenvalue weighted by molar-refractivity contribution is 0.0784. The minimum atomic E-state index is -4.73. The second-order valence-electron chi connectivity index (χ2n) is 6.37. The van der Waals surface area contributed by atoms with Gasteiger partial charge < -0.3 is 0 Å². The number of alkyl halides is 2.